The Hall–Kier alpha value is -2.48. The fourth-order valence-electron chi connectivity index (χ4n) is 4.28. The maximum Gasteiger partial charge on any atom is 0.231 e. The van der Waals surface area contributed by atoms with E-state index >= 15 is 0 Å². The standard InChI is InChI=1S/C23H30N2O5/c1-27-20-10-17(11-21(12-20)28-2)13-25-8-7-24(15-19(25)6-9-26)14-18-4-3-5-22-23(18)30-16-29-22/h3-5,10-12,19,26H,6-9,13-16H2,1-2H3/t19-/m1/s1. The molecular weight excluding hydrogens is 384 g/mol. The molecule has 2 aromatic carbocycles. The molecule has 0 aliphatic carbocycles. The van der Waals surface area contributed by atoms with Crippen molar-refractivity contribution in [3.63, 3.8) is 0 Å². The fraction of sp³-hybridized carbons (Fsp3) is 0.478. The van der Waals surface area contributed by atoms with Crippen molar-refractivity contribution in [2.24, 2.45) is 0 Å². The number of hydrogen-bond donors (Lipinski definition) is 1. The number of piperazine rings is 1. The van der Waals surface area contributed by atoms with E-state index in [1.165, 1.54) is 0 Å². The highest BCUT2D eigenvalue weighted by Gasteiger charge is 2.28. The third-order valence-electron chi connectivity index (χ3n) is 5.82. The van der Waals surface area contributed by atoms with E-state index in [1.807, 2.05) is 18.2 Å². The summed E-state index contributed by atoms with van der Waals surface area (Å²) in [6.07, 6.45) is 0.740. The summed E-state index contributed by atoms with van der Waals surface area (Å²) < 4.78 is 22.0. The van der Waals surface area contributed by atoms with Crippen molar-refractivity contribution in [1.29, 1.82) is 0 Å². The number of rotatable bonds is 8. The Kier molecular flexibility index (Phi) is 6.62. The van der Waals surface area contributed by atoms with E-state index in [0.29, 0.717) is 0 Å². The molecule has 2 aromatic rings. The second-order valence-electron chi connectivity index (χ2n) is 7.74. The monoisotopic (exact) mass is 414 g/mol. The van der Waals surface area contributed by atoms with Crippen LogP contribution in [-0.4, -0.2) is 68.2 Å². The molecular formula is C23H30N2O5. The maximum absolute atomic E-state index is 9.65. The second kappa shape index (κ2) is 9.55. The number of para-hydroxylation sites is 1. The molecule has 2 aliphatic rings. The third-order valence-corrected chi connectivity index (χ3v) is 5.82. The molecule has 1 fully saturated rings. The van der Waals surface area contributed by atoms with E-state index in [0.717, 1.165) is 73.3 Å². The molecule has 0 spiro atoms. The van der Waals surface area contributed by atoms with Crippen LogP contribution in [0.5, 0.6) is 23.0 Å². The summed E-state index contributed by atoms with van der Waals surface area (Å²) in [6.45, 7) is 4.85. The first-order valence-corrected chi connectivity index (χ1v) is 10.4. The predicted octanol–water partition coefficient (Wildman–Crippen LogP) is 2.50. The first-order valence-electron chi connectivity index (χ1n) is 10.4. The van der Waals surface area contributed by atoms with Crippen LogP contribution >= 0.6 is 0 Å². The van der Waals surface area contributed by atoms with E-state index in [2.05, 4.69) is 28.0 Å². The highest BCUT2D eigenvalue weighted by atomic mass is 16.7. The van der Waals surface area contributed by atoms with Crippen LogP contribution in [0.3, 0.4) is 0 Å². The fourth-order valence-corrected chi connectivity index (χ4v) is 4.28. The minimum absolute atomic E-state index is 0.175. The van der Waals surface area contributed by atoms with Crippen molar-refractivity contribution in [2.45, 2.75) is 25.6 Å². The molecule has 0 unspecified atom stereocenters. The van der Waals surface area contributed by atoms with E-state index in [9.17, 15) is 5.11 Å². The Morgan fingerprint density at radius 1 is 1.03 bits per heavy atom. The molecule has 0 saturated carbocycles. The van der Waals surface area contributed by atoms with Crippen molar-refractivity contribution < 1.29 is 24.1 Å². The van der Waals surface area contributed by atoms with E-state index in [4.69, 9.17) is 18.9 Å². The van der Waals surface area contributed by atoms with Gasteiger partial charge in [0.25, 0.3) is 0 Å². The molecule has 7 heteroatoms. The molecule has 0 radical (unpaired) electrons. The number of fused-ring (bicyclic) bond motifs is 1. The molecule has 1 atom stereocenters. The van der Waals surface area contributed by atoms with Gasteiger partial charge in [-0.3, -0.25) is 9.80 Å². The van der Waals surface area contributed by atoms with Crippen LogP contribution in [0.2, 0.25) is 0 Å². The highest BCUT2D eigenvalue weighted by molar-refractivity contribution is 5.48. The Morgan fingerprint density at radius 3 is 2.57 bits per heavy atom. The van der Waals surface area contributed by atoms with Gasteiger partial charge >= 0.3 is 0 Å². The van der Waals surface area contributed by atoms with Crippen molar-refractivity contribution in [3.8, 4) is 23.0 Å². The van der Waals surface area contributed by atoms with Gasteiger partial charge in [-0.1, -0.05) is 12.1 Å². The lowest BCUT2D eigenvalue weighted by Gasteiger charge is -2.41. The molecule has 162 valence electrons. The van der Waals surface area contributed by atoms with Gasteiger partial charge in [0.05, 0.1) is 14.2 Å². The number of benzene rings is 2. The zero-order valence-corrected chi connectivity index (χ0v) is 17.7. The number of ether oxygens (including phenoxy) is 4. The summed E-state index contributed by atoms with van der Waals surface area (Å²) in [5.41, 5.74) is 2.30. The lowest BCUT2D eigenvalue weighted by molar-refractivity contribution is 0.0494. The zero-order valence-electron chi connectivity index (χ0n) is 17.7. The molecule has 7 nitrogen and oxygen atoms in total. The quantitative estimate of drug-likeness (QED) is 0.712. The van der Waals surface area contributed by atoms with Gasteiger partial charge in [0, 0.05) is 57.0 Å². The lowest BCUT2D eigenvalue weighted by atomic mass is 10.1. The summed E-state index contributed by atoms with van der Waals surface area (Å²) in [4.78, 5) is 4.87. The first kappa shape index (κ1) is 20.8. The normalized spacial score (nSPS) is 19.1. The van der Waals surface area contributed by atoms with Crippen LogP contribution < -0.4 is 18.9 Å². The maximum atomic E-state index is 9.65. The van der Waals surface area contributed by atoms with Gasteiger partial charge in [0.2, 0.25) is 6.79 Å². The topological polar surface area (TPSA) is 63.6 Å². The number of aliphatic hydroxyl groups excluding tert-OH is 1. The van der Waals surface area contributed by atoms with Crippen LogP contribution in [0.4, 0.5) is 0 Å². The summed E-state index contributed by atoms with van der Waals surface area (Å²) in [5.74, 6) is 3.27. The summed E-state index contributed by atoms with van der Waals surface area (Å²) in [5, 5.41) is 9.65. The lowest BCUT2D eigenvalue weighted by Crippen LogP contribution is -2.52. The van der Waals surface area contributed by atoms with Gasteiger partial charge in [-0.2, -0.15) is 0 Å². The van der Waals surface area contributed by atoms with Crippen LogP contribution in [-0.2, 0) is 13.1 Å². The Labute approximate surface area is 177 Å². The molecule has 4 rings (SSSR count). The molecule has 30 heavy (non-hydrogen) atoms. The smallest absolute Gasteiger partial charge is 0.231 e. The highest BCUT2D eigenvalue weighted by Crippen LogP contribution is 2.36. The summed E-state index contributed by atoms with van der Waals surface area (Å²) in [6, 6.07) is 12.3. The first-order chi connectivity index (χ1) is 14.7. The summed E-state index contributed by atoms with van der Waals surface area (Å²) in [7, 11) is 3.34. The number of methoxy groups -OCH3 is 2. The molecule has 1 saturated heterocycles. The number of aliphatic hydroxyl groups is 1. The Bertz CT molecular complexity index is 837. The Balaban J connectivity index is 1.44. The van der Waals surface area contributed by atoms with Crippen molar-refractivity contribution in [3.05, 3.63) is 47.5 Å². The molecule has 0 amide bonds. The van der Waals surface area contributed by atoms with Gasteiger partial charge in [0.15, 0.2) is 11.5 Å². The molecule has 0 bridgehead atoms. The van der Waals surface area contributed by atoms with Crippen LogP contribution in [0.25, 0.3) is 0 Å². The minimum atomic E-state index is 0.175. The van der Waals surface area contributed by atoms with E-state index in [1.54, 1.807) is 14.2 Å². The second-order valence-corrected chi connectivity index (χ2v) is 7.74. The number of hydrogen-bond acceptors (Lipinski definition) is 7. The Morgan fingerprint density at radius 2 is 1.83 bits per heavy atom. The summed E-state index contributed by atoms with van der Waals surface area (Å²) >= 11 is 0. The zero-order chi connectivity index (χ0) is 20.9. The van der Waals surface area contributed by atoms with E-state index in [-0.39, 0.29) is 19.4 Å². The largest absolute Gasteiger partial charge is 0.497 e. The van der Waals surface area contributed by atoms with Gasteiger partial charge < -0.3 is 24.1 Å². The molecule has 1 N–H and O–H groups in total. The SMILES string of the molecule is COc1cc(CN2CCN(Cc3cccc4c3OCO4)C[C@H]2CCO)cc(OC)c1. The predicted molar refractivity (Wildman–Crippen MR) is 113 cm³/mol. The molecule has 2 heterocycles. The molecule has 0 aromatic heterocycles. The van der Waals surface area contributed by atoms with Crippen LogP contribution in [0.15, 0.2) is 36.4 Å². The van der Waals surface area contributed by atoms with Gasteiger partial charge in [-0.25, -0.2) is 0 Å². The van der Waals surface area contributed by atoms with Gasteiger partial charge in [-0.15, -0.1) is 0 Å². The van der Waals surface area contributed by atoms with E-state index < -0.39 is 0 Å². The van der Waals surface area contributed by atoms with Crippen molar-refractivity contribution in [2.75, 3.05) is 47.3 Å². The van der Waals surface area contributed by atoms with Crippen molar-refractivity contribution >= 4 is 0 Å². The van der Waals surface area contributed by atoms with Crippen molar-refractivity contribution in [1.82, 2.24) is 9.80 Å². The number of nitrogens with zero attached hydrogens (tertiary/aromatic N) is 2. The van der Waals surface area contributed by atoms with Gasteiger partial charge in [0.1, 0.15) is 11.5 Å². The van der Waals surface area contributed by atoms with Crippen LogP contribution in [0.1, 0.15) is 17.5 Å². The minimum Gasteiger partial charge on any atom is -0.497 e. The third kappa shape index (κ3) is 4.64. The molecule has 2 aliphatic heterocycles. The van der Waals surface area contributed by atoms with Gasteiger partial charge in [-0.05, 0) is 30.2 Å². The average molecular weight is 415 g/mol. The van der Waals surface area contributed by atoms with Crippen LogP contribution in [0, 0.1) is 0 Å². The average Bonchev–Trinajstić information content (AvgIpc) is 3.25.